The summed E-state index contributed by atoms with van der Waals surface area (Å²) >= 11 is 1.68. The van der Waals surface area contributed by atoms with E-state index < -0.39 is 0 Å². The lowest BCUT2D eigenvalue weighted by Crippen LogP contribution is -2.41. The Morgan fingerprint density at radius 3 is 2.86 bits per heavy atom. The lowest BCUT2D eigenvalue weighted by Gasteiger charge is -2.33. The van der Waals surface area contributed by atoms with Crippen LogP contribution in [0.5, 0.6) is 0 Å². The molecule has 1 aliphatic heterocycles. The number of aliphatic hydroxyl groups is 1. The first-order valence-electron chi connectivity index (χ1n) is 7.38. The zero-order valence-corrected chi connectivity index (χ0v) is 13.6. The maximum Gasteiger partial charge on any atom is 0.146 e. The van der Waals surface area contributed by atoms with Gasteiger partial charge in [0.1, 0.15) is 16.5 Å². The summed E-state index contributed by atoms with van der Waals surface area (Å²) < 4.78 is 0. The van der Waals surface area contributed by atoms with Crippen molar-refractivity contribution in [2.75, 3.05) is 18.8 Å². The predicted octanol–water partition coefficient (Wildman–Crippen LogP) is 2.09. The van der Waals surface area contributed by atoms with Crippen molar-refractivity contribution >= 4 is 27.4 Å². The molecule has 3 N–H and O–H groups in total. The Balaban J connectivity index is 1.85. The standard InChI is InChI=1S/C15H22N4OS/c1-8-6-19(5-4-11(8)20)7-12-17-14(16)13-9(2)10(3)21-15(13)18-12/h8,11,20H,4-7H2,1-3H3,(H2,16,17,18). The Morgan fingerprint density at radius 1 is 1.38 bits per heavy atom. The average molecular weight is 306 g/mol. The number of anilines is 1. The van der Waals surface area contributed by atoms with Gasteiger partial charge in [0.25, 0.3) is 0 Å². The van der Waals surface area contributed by atoms with Crippen LogP contribution in [0.25, 0.3) is 10.2 Å². The molecule has 5 nitrogen and oxygen atoms in total. The Hall–Kier alpha value is -1.24. The minimum Gasteiger partial charge on any atom is -0.393 e. The van der Waals surface area contributed by atoms with Gasteiger partial charge in [0, 0.05) is 18.0 Å². The number of aryl methyl sites for hydroxylation is 2. The molecule has 0 aliphatic carbocycles. The third-order valence-electron chi connectivity index (χ3n) is 4.41. The number of thiophene rings is 1. The molecular weight excluding hydrogens is 284 g/mol. The van der Waals surface area contributed by atoms with Crippen LogP contribution >= 0.6 is 11.3 Å². The largest absolute Gasteiger partial charge is 0.393 e. The first-order chi connectivity index (χ1) is 9.95. The van der Waals surface area contributed by atoms with E-state index in [1.54, 1.807) is 11.3 Å². The SMILES string of the molecule is Cc1sc2nc(CN3CCC(O)C(C)C3)nc(N)c2c1C. The quantitative estimate of drug-likeness (QED) is 0.888. The molecule has 1 saturated heterocycles. The summed E-state index contributed by atoms with van der Waals surface area (Å²) in [7, 11) is 0. The maximum atomic E-state index is 9.80. The van der Waals surface area contributed by atoms with Crippen molar-refractivity contribution in [1.82, 2.24) is 14.9 Å². The monoisotopic (exact) mass is 306 g/mol. The number of nitrogen functional groups attached to an aromatic ring is 1. The lowest BCUT2D eigenvalue weighted by atomic mass is 9.97. The van der Waals surface area contributed by atoms with Crippen LogP contribution < -0.4 is 5.73 Å². The smallest absolute Gasteiger partial charge is 0.146 e. The van der Waals surface area contributed by atoms with Crippen LogP contribution in [0.1, 0.15) is 29.6 Å². The van der Waals surface area contributed by atoms with E-state index in [0.717, 1.165) is 35.6 Å². The zero-order valence-electron chi connectivity index (χ0n) is 12.8. The van der Waals surface area contributed by atoms with Crippen LogP contribution in [0.2, 0.25) is 0 Å². The third kappa shape index (κ3) is 2.75. The van der Waals surface area contributed by atoms with E-state index in [9.17, 15) is 5.11 Å². The van der Waals surface area contributed by atoms with Crippen molar-refractivity contribution in [2.24, 2.45) is 5.92 Å². The van der Waals surface area contributed by atoms with Gasteiger partial charge in [-0.3, -0.25) is 4.90 Å². The van der Waals surface area contributed by atoms with Crippen molar-refractivity contribution in [3.63, 3.8) is 0 Å². The van der Waals surface area contributed by atoms with Crippen LogP contribution in [-0.2, 0) is 6.54 Å². The van der Waals surface area contributed by atoms with Crippen LogP contribution in [0.3, 0.4) is 0 Å². The molecule has 6 heteroatoms. The first kappa shape index (κ1) is 14.7. The summed E-state index contributed by atoms with van der Waals surface area (Å²) in [6.07, 6.45) is 0.633. The number of aromatic nitrogens is 2. The number of aliphatic hydroxyl groups excluding tert-OH is 1. The maximum absolute atomic E-state index is 9.80. The van der Waals surface area contributed by atoms with Crippen molar-refractivity contribution in [3.05, 3.63) is 16.3 Å². The first-order valence-corrected chi connectivity index (χ1v) is 8.20. The summed E-state index contributed by atoms with van der Waals surface area (Å²) in [5.74, 6) is 1.66. The van der Waals surface area contributed by atoms with Crippen molar-refractivity contribution in [1.29, 1.82) is 0 Å². The Bertz CT molecular complexity index is 669. The van der Waals surface area contributed by atoms with Gasteiger partial charge in [0.15, 0.2) is 0 Å². The highest BCUT2D eigenvalue weighted by Crippen LogP contribution is 2.32. The van der Waals surface area contributed by atoms with E-state index in [-0.39, 0.29) is 6.10 Å². The van der Waals surface area contributed by atoms with E-state index >= 15 is 0 Å². The van der Waals surface area contributed by atoms with Gasteiger partial charge in [0.05, 0.1) is 18.0 Å². The second-order valence-corrected chi connectivity index (χ2v) is 7.26. The molecule has 1 fully saturated rings. The summed E-state index contributed by atoms with van der Waals surface area (Å²) in [4.78, 5) is 13.7. The Morgan fingerprint density at radius 2 is 2.14 bits per heavy atom. The van der Waals surface area contributed by atoms with Crippen LogP contribution in [-0.4, -0.2) is 39.2 Å². The number of fused-ring (bicyclic) bond motifs is 1. The molecule has 1 aliphatic rings. The van der Waals surface area contributed by atoms with Gasteiger partial charge in [0.2, 0.25) is 0 Å². The molecular formula is C15H22N4OS. The molecule has 114 valence electrons. The number of hydrogen-bond donors (Lipinski definition) is 2. The number of nitrogens with two attached hydrogens (primary N) is 1. The summed E-state index contributed by atoms with van der Waals surface area (Å²) in [5, 5.41) is 10.8. The third-order valence-corrected chi connectivity index (χ3v) is 5.51. The number of rotatable bonds is 2. The van der Waals surface area contributed by atoms with E-state index in [4.69, 9.17) is 5.73 Å². The normalized spacial score (nSPS) is 23.8. The number of likely N-dealkylation sites (tertiary alicyclic amines) is 1. The number of hydrogen-bond acceptors (Lipinski definition) is 6. The van der Waals surface area contributed by atoms with Gasteiger partial charge in [-0.25, -0.2) is 9.97 Å². The second-order valence-electron chi connectivity index (χ2n) is 6.06. The lowest BCUT2D eigenvalue weighted by molar-refractivity contribution is 0.0311. The molecule has 0 amide bonds. The van der Waals surface area contributed by atoms with E-state index in [1.807, 2.05) is 0 Å². The van der Waals surface area contributed by atoms with Gasteiger partial charge in [-0.2, -0.15) is 0 Å². The fourth-order valence-corrected chi connectivity index (χ4v) is 4.02. The van der Waals surface area contributed by atoms with Gasteiger partial charge in [-0.1, -0.05) is 6.92 Å². The summed E-state index contributed by atoms with van der Waals surface area (Å²) in [6.45, 7) is 8.71. The van der Waals surface area contributed by atoms with Crippen LogP contribution in [0.4, 0.5) is 5.82 Å². The molecule has 0 aromatic carbocycles. The van der Waals surface area contributed by atoms with Crippen molar-refractivity contribution in [3.8, 4) is 0 Å². The topological polar surface area (TPSA) is 75.3 Å². The second kappa shape index (κ2) is 5.51. The Labute approximate surface area is 128 Å². The molecule has 3 heterocycles. The number of nitrogens with zero attached hydrogens (tertiary/aromatic N) is 3. The molecule has 2 aromatic rings. The highest BCUT2D eigenvalue weighted by molar-refractivity contribution is 7.18. The predicted molar refractivity (Wildman–Crippen MR) is 86.4 cm³/mol. The highest BCUT2D eigenvalue weighted by Gasteiger charge is 2.25. The van der Waals surface area contributed by atoms with E-state index in [2.05, 4.69) is 35.6 Å². The number of piperidine rings is 1. The molecule has 0 bridgehead atoms. The van der Waals surface area contributed by atoms with Gasteiger partial charge < -0.3 is 10.8 Å². The van der Waals surface area contributed by atoms with Crippen molar-refractivity contribution in [2.45, 2.75) is 39.8 Å². The summed E-state index contributed by atoms with van der Waals surface area (Å²) in [6, 6.07) is 0. The molecule has 3 rings (SSSR count). The molecule has 0 saturated carbocycles. The van der Waals surface area contributed by atoms with Crippen LogP contribution in [0, 0.1) is 19.8 Å². The van der Waals surface area contributed by atoms with Gasteiger partial charge in [-0.05, 0) is 31.7 Å². The molecule has 2 unspecified atom stereocenters. The molecule has 0 radical (unpaired) electrons. The molecule has 2 aromatic heterocycles. The van der Waals surface area contributed by atoms with Gasteiger partial charge >= 0.3 is 0 Å². The van der Waals surface area contributed by atoms with E-state index in [0.29, 0.717) is 18.3 Å². The fraction of sp³-hybridized carbons (Fsp3) is 0.600. The molecule has 21 heavy (non-hydrogen) atoms. The molecule has 2 atom stereocenters. The van der Waals surface area contributed by atoms with E-state index in [1.165, 1.54) is 10.4 Å². The van der Waals surface area contributed by atoms with Gasteiger partial charge in [-0.15, -0.1) is 11.3 Å². The molecule has 0 spiro atoms. The fourth-order valence-electron chi connectivity index (χ4n) is 2.96. The Kier molecular flexibility index (Phi) is 3.86. The minimum absolute atomic E-state index is 0.183. The van der Waals surface area contributed by atoms with Crippen LogP contribution in [0.15, 0.2) is 0 Å². The zero-order chi connectivity index (χ0) is 15.1. The summed E-state index contributed by atoms with van der Waals surface area (Å²) in [5.41, 5.74) is 7.31. The minimum atomic E-state index is -0.183. The van der Waals surface area contributed by atoms with Crippen molar-refractivity contribution < 1.29 is 5.11 Å². The highest BCUT2D eigenvalue weighted by atomic mass is 32.1. The average Bonchev–Trinajstić information content (AvgIpc) is 2.70.